The van der Waals surface area contributed by atoms with E-state index in [0.717, 1.165) is 24.4 Å². The zero-order valence-corrected chi connectivity index (χ0v) is 10.4. The van der Waals surface area contributed by atoms with Crippen LogP contribution in [0.1, 0.15) is 30.3 Å². The van der Waals surface area contributed by atoms with Gasteiger partial charge in [-0.2, -0.15) is 11.8 Å². The molecule has 1 aromatic rings. The number of imidazole rings is 1. The number of aryl methyl sites for hydroxylation is 1. The highest BCUT2D eigenvalue weighted by Gasteiger charge is 2.29. The number of rotatable bonds is 2. The van der Waals surface area contributed by atoms with Gasteiger partial charge in [-0.3, -0.25) is 4.79 Å². The van der Waals surface area contributed by atoms with Crippen molar-refractivity contribution in [1.82, 2.24) is 9.55 Å². The van der Waals surface area contributed by atoms with E-state index in [9.17, 15) is 4.79 Å². The Morgan fingerprint density at radius 1 is 1.53 bits per heavy atom. The van der Waals surface area contributed by atoms with Gasteiger partial charge in [0.2, 0.25) is 0 Å². The van der Waals surface area contributed by atoms with Gasteiger partial charge in [-0.25, -0.2) is 4.98 Å². The molecule has 92 valence electrons. The lowest BCUT2D eigenvalue weighted by Crippen LogP contribution is -2.28. The number of hydrogen-bond acceptors (Lipinski definition) is 3. The molecule has 0 saturated carbocycles. The van der Waals surface area contributed by atoms with E-state index in [1.165, 1.54) is 17.9 Å². The van der Waals surface area contributed by atoms with Crippen LogP contribution in [-0.4, -0.2) is 32.1 Å². The molecule has 2 aliphatic rings. The minimum atomic E-state index is -0.670. The first-order chi connectivity index (χ1) is 8.25. The number of aromatic nitrogens is 2. The Hall–Kier alpha value is -0.970. The van der Waals surface area contributed by atoms with Crippen LogP contribution in [-0.2, 0) is 17.8 Å². The highest BCUT2D eigenvalue weighted by Crippen LogP contribution is 2.34. The highest BCUT2D eigenvalue weighted by molar-refractivity contribution is 7.99. The predicted octanol–water partition coefficient (Wildman–Crippen LogP) is 1.75. The van der Waals surface area contributed by atoms with Gasteiger partial charge in [0.25, 0.3) is 0 Å². The van der Waals surface area contributed by atoms with E-state index in [1.54, 1.807) is 0 Å². The average Bonchev–Trinajstić information content (AvgIpc) is 2.96. The lowest BCUT2D eigenvalue weighted by atomic mass is 9.97. The molecule has 4 nitrogen and oxygen atoms in total. The summed E-state index contributed by atoms with van der Waals surface area (Å²) >= 11 is 1.97. The zero-order chi connectivity index (χ0) is 11.8. The Balaban J connectivity index is 1.88. The van der Waals surface area contributed by atoms with Gasteiger partial charge in [-0.05, 0) is 25.0 Å². The number of carboxylic acids is 1. The molecular weight excluding hydrogens is 236 g/mol. The molecule has 1 saturated heterocycles. The van der Waals surface area contributed by atoms with Crippen molar-refractivity contribution in [3.63, 3.8) is 0 Å². The first-order valence-corrected chi connectivity index (χ1v) is 7.26. The van der Waals surface area contributed by atoms with E-state index in [-0.39, 0.29) is 5.92 Å². The highest BCUT2D eigenvalue weighted by atomic mass is 32.2. The standard InChI is InChI=1S/C12H16N2O2S/c15-12(16)8-1-2-10-5-13-11(14(10)6-8)9-3-4-17-7-9/h5,8-9H,1-4,6-7H2,(H,15,16). The van der Waals surface area contributed by atoms with Crippen molar-refractivity contribution < 1.29 is 9.90 Å². The van der Waals surface area contributed by atoms with Crippen LogP contribution >= 0.6 is 11.8 Å². The molecule has 2 unspecified atom stereocenters. The van der Waals surface area contributed by atoms with Gasteiger partial charge >= 0.3 is 5.97 Å². The van der Waals surface area contributed by atoms with Crippen LogP contribution < -0.4 is 0 Å². The molecule has 0 radical (unpaired) electrons. The van der Waals surface area contributed by atoms with E-state index in [1.807, 2.05) is 18.0 Å². The summed E-state index contributed by atoms with van der Waals surface area (Å²) in [6.45, 7) is 0.612. The normalized spacial score (nSPS) is 28.0. The van der Waals surface area contributed by atoms with E-state index >= 15 is 0 Å². The lowest BCUT2D eigenvalue weighted by Gasteiger charge is -2.23. The Kier molecular flexibility index (Phi) is 2.86. The maximum absolute atomic E-state index is 11.1. The Bertz CT molecular complexity index is 438. The molecule has 0 bridgehead atoms. The van der Waals surface area contributed by atoms with Crippen LogP contribution in [0.5, 0.6) is 0 Å². The smallest absolute Gasteiger partial charge is 0.308 e. The second-order valence-electron chi connectivity index (χ2n) is 4.85. The molecule has 3 heterocycles. The monoisotopic (exact) mass is 252 g/mol. The molecule has 2 aliphatic heterocycles. The van der Waals surface area contributed by atoms with E-state index in [0.29, 0.717) is 12.5 Å². The molecule has 1 aromatic heterocycles. The lowest BCUT2D eigenvalue weighted by molar-refractivity contribution is -0.142. The van der Waals surface area contributed by atoms with Gasteiger partial charge in [0.1, 0.15) is 5.82 Å². The zero-order valence-electron chi connectivity index (χ0n) is 9.63. The van der Waals surface area contributed by atoms with Crippen LogP contribution in [0, 0.1) is 5.92 Å². The number of carbonyl (C=O) groups is 1. The number of hydrogen-bond donors (Lipinski definition) is 1. The summed E-state index contributed by atoms with van der Waals surface area (Å²) in [7, 11) is 0. The summed E-state index contributed by atoms with van der Waals surface area (Å²) in [5, 5.41) is 9.12. The summed E-state index contributed by atoms with van der Waals surface area (Å²) in [5.74, 6) is 3.08. The maximum Gasteiger partial charge on any atom is 0.308 e. The van der Waals surface area contributed by atoms with Gasteiger partial charge in [-0.15, -0.1) is 0 Å². The summed E-state index contributed by atoms with van der Waals surface area (Å²) in [5.41, 5.74) is 1.22. The van der Waals surface area contributed by atoms with Crippen LogP contribution in [0.3, 0.4) is 0 Å². The molecule has 0 aromatic carbocycles. The molecule has 1 N–H and O–H groups in total. The van der Waals surface area contributed by atoms with Gasteiger partial charge in [0, 0.05) is 30.1 Å². The van der Waals surface area contributed by atoms with Crippen molar-refractivity contribution in [2.45, 2.75) is 31.7 Å². The molecule has 1 fully saturated rings. The number of fused-ring (bicyclic) bond motifs is 1. The molecule has 3 rings (SSSR count). The quantitative estimate of drug-likeness (QED) is 0.871. The minimum absolute atomic E-state index is 0.232. The fraction of sp³-hybridized carbons (Fsp3) is 0.667. The van der Waals surface area contributed by atoms with Gasteiger partial charge in [-0.1, -0.05) is 0 Å². The largest absolute Gasteiger partial charge is 0.481 e. The molecule has 0 spiro atoms. The second kappa shape index (κ2) is 4.37. The van der Waals surface area contributed by atoms with Crippen LogP contribution in [0.2, 0.25) is 0 Å². The van der Waals surface area contributed by atoms with Crippen molar-refractivity contribution >= 4 is 17.7 Å². The van der Waals surface area contributed by atoms with Gasteiger partial charge in [0.15, 0.2) is 0 Å². The fourth-order valence-electron chi connectivity index (χ4n) is 2.74. The van der Waals surface area contributed by atoms with Crippen LogP contribution in [0.4, 0.5) is 0 Å². The molecule has 17 heavy (non-hydrogen) atoms. The SMILES string of the molecule is O=C(O)C1CCc2cnc(C3CCSC3)n2C1. The van der Waals surface area contributed by atoms with Gasteiger partial charge < -0.3 is 9.67 Å². The van der Waals surface area contributed by atoms with E-state index in [4.69, 9.17) is 5.11 Å². The number of thioether (sulfide) groups is 1. The third-order valence-corrected chi connectivity index (χ3v) is 4.93. The second-order valence-corrected chi connectivity index (χ2v) is 6.00. The minimum Gasteiger partial charge on any atom is -0.481 e. The molecular formula is C12H16N2O2S. The molecule has 0 aliphatic carbocycles. The number of aliphatic carboxylic acids is 1. The Morgan fingerprint density at radius 2 is 2.41 bits per heavy atom. The Labute approximate surface area is 104 Å². The third-order valence-electron chi connectivity index (χ3n) is 3.77. The summed E-state index contributed by atoms with van der Waals surface area (Å²) in [6.07, 6.45) is 4.72. The summed E-state index contributed by atoms with van der Waals surface area (Å²) < 4.78 is 2.17. The average molecular weight is 252 g/mol. The summed E-state index contributed by atoms with van der Waals surface area (Å²) in [6, 6.07) is 0. The van der Waals surface area contributed by atoms with E-state index < -0.39 is 5.97 Å². The van der Waals surface area contributed by atoms with Crippen molar-refractivity contribution in [2.75, 3.05) is 11.5 Å². The van der Waals surface area contributed by atoms with Crippen LogP contribution in [0.25, 0.3) is 0 Å². The first-order valence-electron chi connectivity index (χ1n) is 6.10. The summed E-state index contributed by atoms with van der Waals surface area (Å²) in [4.78, 5) is 15.6. The van der Waals surface area contributed by atoms with Crippen LogP contribution in [0.15, 0.2) is 6.20 Å². The maximum atomic E-state index is 11.1. The molecule has 0 amide bonds. The number of carboxylic acid groups (broad SMARTS) is 1. The number of nitrogens with zero attached hydrogens (tertiary/aromatic N) is 2. The molecule has 2 atom stereocenters. The predicted molar refractivity (Wildman–Crippen MR) is 66.4 cm³/mol. The van der Waals surface area contributed by atoms with Crippen molar-refractivity contribution in [1.29, 1.82) is 0 Å². The van der Waals surface area contributed by atoms with Crippen molar-refractivity contribution in [3.05, 3.63) is 17.7 Å². The van der Waals surface area contributed by atoms with E-state index in [2.05, 4.69) is 9.55 Å². The van der Waals surface area contributed by atoms with Crippen molar-refractivity contribution in [3.8, 4) is 0 Å². The molecule has 5 heteroatoms. The Morgan fingerprint density at radius 3 is 3.12 bits per heavy atom. The third kappa shape index (κ3) is 1.97. The van der Waals surface area contributed by atoms with Crippen molar-refractivity contribution in [2.24, 2.45) is 5.92 Å². The van der Waals surface area contributed by atoms with Gasteiger partial charge in [0.05, 0.1) is 5.92 Å². The topological polar surface area (TPSA) is 55.1 Å². The fourth-order valence-corrected chi connectivity index (χ4v) is 3.95. The first kappa shape index (κ1) is 11.1.